The molecular formula is C21H21ClFN5O2. The van der Waals surface area contributed by atoms with Crippen LogP contribution in [0, 0.1) is 5.82 Å². The van der Waals surface area contributed by atoms with E-state index in [-0.39, 0.29) is 23.4 Å². The van der Waals surface area contributed by atoms with Crippen LogP contribution in [0.15, 0.2) is 36.5 Å². The van der Waals surface area contributed by atoms with Crippen LogP contribution < -0.4 is 5.32 Å². The first-order valence-electron chi connectivity index (χ1n) is 9.73. The molecule has 1 atom stereocenters. The van der Waals surface area contributed by atoms with Gasteiger partial charge in [0.15, 0.2) is 5.65 Å². The molecule has 156 valence electrons. The molecule has 1 fully saturated rings. The van der Waals surface area contributed by atoms with E-state index in [2.05, 4.69) is 15.3 Å². The van der Waals surface area contributed by atoms with Crippen molar-refractivity contribution in [2.24, 2.45) is 0 Å². The Morgan fingerprint density at radius 3 is 2.93 bits per heavy atom. The minimum Gasteiger partial charge on any atom is -0.347 e. The molecule has 0 aliphatic carbocycles. The molecule has 7 nitrogen and oxygen atoms in total. The van der Waals surface area contributed by atoms with Crippen molar-refractivity contribution in [1.82, 2.24) is 24.8 Å². The van der Waals surface area contributed by atoms with Crippen LogP contribution in [0.3, 0.4) is 0 Å². The second-order valence-corrected chi connectivity index (χ2v) is 7.70. The standard InChI is InChI=1S/C21H21ClFN5O2/c1-13(29)27-9-3-5-18(27)21(30)25-11-19-26-17-4-2-8-24-20(17)28(19)12-14-6-7-16(23)15(22)10-14/h2,4,6-8,10,18H,3,5,9,11-12H2,1H3,(H,25,30)/t18-/m1/s1. The van der Waals surface area contributed by atoms with E-state index < -0.39 is 11.9 Å². The van der Waals surface area contributed by atoms with Gasteiger partial charge < -0.3 is 14.8 Å². The Balaban J connectivity index is 1.57. The first kappa shape index (κ1) is 20.3. The highest BCUT2D eigenvalue weighted by Gasteiger charge is 2.32. The van der Waals surface area contributed by atoms with Crippen molar-refractivity contribution in [2.75, 3.05) is 6.54 Å². The van der Waals surface area contributed by atoms with Gasteiger partial charge in [0.2, 0.25) is 11.8 Å². The highest BCUT2D eigenvalue weighted by molar-refractivity contribution is 6.30. The maximum atomic E-state index is 13.5. The molecule has 2 amide bonds. The van der Waals surface area contributed by atoms with Crippen molar-refractivity contribution in [1.29, 1.82) is 0 Å². The van der Waals surface area contributed by atoms with E-state index in [1.165, 1.54) is 13.0 Å². The average molecular weight is 430 g/mol. The van der Waals surface area contributed by atoms with Crippen LogP contribution in [0.1, 0.15) is 31.2 Å². The molecule has 0 saturated carbocycles. The number of aromatic nitrogens is 3. The number of fused-ring (bicyclic) bond motifs is 1. The number of likely N-dealkylation sites (tertiary alicyclic amines) is 1. The molecule has 1 N–H and O–H groups in total. The molecule has 0 unspecified atom stereocenters. The molecule has 0 radical (unpaired) electrons. The number of hydrogen-bond acceptors (Lipinski definition) is 4. The van der Waals surface area contributed by atoms with E-state index >= 15 is 0 Å². The minimum absolute atomic E-state index is 0.0466. The highest BCUT2D eigenvalue weighted by atomic mass is 35.5. The monoisotopic (exact) mass is 429 g/mol. The summed E-state index contributed by atoms with van der Waals surface area (Å²) in [6.45, 7) is 2.64. The Morgan fingerprint density at radius 1 is 1.33 bits per heavy atom. The van der Waals surface area contributed by atoms with Gasteiger partial charge in [-0.1, -0.05) is 17.7 Å². The number of carbonyl (C=O) groups excluding carboxylic acids is 2. The van der Waals surface area contributed by atoms with E-state index in [0.29, 0.717) is 36.5 Å². The number of imidazole rings is 1. The number of amides is 2. The maximum absolute atomic E-state index is 13.5. The Hall–Kier alpha value is -3.00. The van der Waals surface area contributed by atoms with Crippen molar-refractivity contribution in [3.63, 3.8) is 0 Å². The van der Waals surface area contributed by atoms with Crippen molar-refractivity contribution >= 4 is 34.6 Å². The van der Waals surface area contributed by atoms with Gasteiger partial charge in [-0.2, -0.15) is 0 Å². The fourth-order valence-corrected chi connectivity index (χ4v) is 4.03. The highest BCUT2D eigenvalue weighted by Crippen LogP contribution is 2.21. The lowest BCUT2D eigenvalue weighted by Crippen LogP contribution is -2.45. The first-order chi connectivity index (χ1) is 14.4. The minimum atomic E-state index is -0.479. The molecule has 3 aromatic rings. The Morgan fingerprint density at radius 2 is 2.17 bits per heavy atom. The fourth-order valence-electron chi connectivity index (χ4n) is 3.83. The lowest BCUT2D eigenvalue weighted by molar-refractivity contribution is -0.136. The second kappa shape index (κ2) is 8.39. The van der Waals surface area contributed by atoms with Gasteiger partial charge in [-0.05, 0) is 42.7 Å². The summed E-state index contributed by atoms with van der Waals surface area (Å²) in [6, 6.07) is 7.73. The summed E-state index contributed by atoms with van der Waals surface area (Å²) in [5.41, 5.74) is 2.15. The summed E-state index contributed by atoms with van der Waals surface area (Å²) in [6.07, 6.45) is 3.13. The predicted octanol–water partition coefficient (Wildman–Crippen LogP) is 2.90. The van der Waals surface area contributed by atoms with Crippen LogP contribution in [0.2, 0.25) is 5.02 Å². The number of halogens is 2. The number of rotatable bonds is 5. The quantitative estimate of drug-likeness (QED) is 0.676. The molecule has 9 heteroatoms. The van der Waals surface area contributed by atoms with E-state index in [9.17, 15) is 14.0 Å². The van der Waals surface area contributed by atoms with Gasteiger partial charge in [-0.25, -0.2) is 14.4 Å². The molecule has 1 aromatic carbocycles. The van der Waals surface area contributed by atoms with Crippen molar-refractivity contribution < 1.29 is 14.0 Å². The number of benzene rings is 1. The topological polar surface area (TPSA) is 80.1 Å². The molecular weight excluding hydrogens is 409 g/mol. The van der Waals surface area contributed by atoms with Gasteiger partial charge in [0, 0.05) is 19.7 Å². The average Bonchev–Trinajstić information content (AvgIpc) is 3.35. The zero-order valence-electron chi connectivity index (χ0n) is 16.4. The number of nitrogens with zero attached hydrogens (tertiary/aromatic N) is 4. The van der Waals surface area contributed by atoms with Crippen LogP contribution in [0.25, 0.3) is 11.2 Å². The van der Waals surface area contributed by atoms with E-state index in [1.807, 2.05) is 10.6 Å². The number of hydrogen-bond donors (Lipinski definition) is 1. The van der Waals surface area contributed by atoms with Crippen molar-refractivity contribution in [3.05, 3.63) is 58.8 Å². The smallest absolute Gasteiger partial charge is 0.243 e. The van der Waals surface area contributed by atoms with Crippen LogP contribution in [0.5, 0.6) is 0 Å². The molecule has 1 saturated heterocycles. The maximum Gasteiger partial charge on any atom is 0.243 e. The third kappa shape index (κ3) is 4.00. The summed E-state index contributed by atoms with van der Waals surface area (Å²) in [5, 5.41) is 2.95. The summed E-state index contributed by atoms with van der Waals surface area (Å²) < 4.78 is 15.4. The second-order valence-electron chi connectivity index (χ2n) is 7.30. The van der Waals surface area contributed by atoms with Gasteiger partial charge >= 0.3 is 0 Å². The van der Waals surface area contributed by atoms with Gasteiger partial charge in [0.1, 0.15) is 23.2 Å². The molecule has 1 aliphatic heterocycles. The van der Waals surface area contributed by atoms with E-state index in [0.717, 1.165) is 12.0 Å². The number of carbonyl (C=O) groups is 2. The SMILES string of the molecule is CC(=O)N1CCC[C@@H]1C(=O)NCc1nc2cccnc2n1Cc1ccc(F)c(Cl)c1. The lowest BCUT2D eigenvalue weighted by atomic mass is 10.2. The predicted molar refractivity (Wildman–Crippen MR) is 110 cm³/mol. The fraction of sp³-hybridized carbons (Fsp3) is 0.333. The molecule has 4 rings (SSSR count). The van der Waals surface area contributed by atoms with Gasteiger partial charge in [0.25, 0.3) is 0 Å². The molecule has 0 spiro atoms. The largest absolute Gasteiger partial charge is 0.347 e. The van der Waals surface area contributed by atoms with E-state index in [1.54, 1.807) is 29.3 Å². The lowest BCUT2D eigenvalue weighted by Gasteiger charge is -2.22. The Kier molecular flexibility index (Phi) is 5.67. The summed E-state index contributed by atoms with van der Waals surface area (Å²) >= 11 is 5.92. The third-order valence-electron chi connectivity index (χ3n) is 5.29. The Labute approximate surface area is 177 Å². The molecule has 1 aliphatic rings. The van der Waals surface area contributed by atoms with Crippen LogP contribution in [-0.4, -0.2) is 43.8 Å². The van der Waals surface area contributed by atoms with Gasteiger partial charge in [-0.15, -0.1) is 0 Å². The normalized spacial score (nSPS) is 16.2. The molecule has 0 bridgehead atoms. The summed E-state index contributed by atoms with van der Waals surface area (Å²) in [7, 11) is 0. The Bertz CT molecular complexity index is 1120. The molecule has 30 heavy (non-hydrogen) atoms. The third-order valence-corrected chi connectivity index (χ3v) is 5.58. The summed E-state index contributed by atoms with van der Waals surface area (Å²) in [5.74, 6) is -0.158. The molecule has 3 heterocycles. The van der Waals surface area contributed by atoms with Gasteiger partial charge in [-0.3, -0.25) is 9.59 Å². The zero-order chi connectivity index (χ0) is 21.3. The number of pyridine rings is 1. The first-order valence-corrected chi connectivity index (χ1v) is 10.1. The zero-order valence-corrected chi connectivity index (χ0v) is 17.2. The van der Waals surface area contributed by atoms with Crippen LogP contribution >= 0.6 is 11.6 Å². The van der Waals surface area contributed by atoms with Crippen molar-refractivity contribution in [2.45, 2.75) is 38.9 Å². The van der Waals surface area contributed by atoms with Crippen LogP contribution in [-0.2, 0) is 22.7 Å². The van der Waals surface area contributed by atoms with Crippen LogP contribution in [0.4, 0.5) is 4.39 Å². The number of nitrogens with one attached hydrogen (secondary N) is 1. The molecule has 2 aromatic heterocycles. The van der Waals surface area contributed by atoms with E-state index in [4.69, 9.17) is 11.6 Å². The van der Waals surface area contributed by atoms with Gasteiger partial charge in [0.05, 0.1) is 18.1 Å². The van der Waals surface area contributed by atoms with Crippen molar-refractivity contribution in [3.8, 4) is 0 Å². The summed E-state index contributed by atoms with van der Waals surface area (Å²) in [4.78, 5) is 35.0.